The molecule has 1 aromatic rings. The molecule has 1 fully saturated rings. The van der Waals surface area contributed by atoms with Crippen LogP contribution in [0.1, 0.15) is 23.5 Å². The lowest BCUT2D eigenvalue weighted by molar-refractivity contribution is -0.140. The summed E-state index contributed by atoms with van der Waals surface area (Å²) in [6.45, 7) is 3.06. The summed E-state index contributed by atoms with van der Waals surface area (Å²) in [6.07, 6.45) is 1.29. The zero-order chi connectivity index (χ0) is 13.2. The number of hydrogen-bond acceptors (Lipinski definition) is 3. The van der Waals surface area contributed by atoms with Crippen LogP contribution in [0.3, 0.4) is 0 Å². The minimum absolute atomic E-state index is 0.0269. The molecule has 1 saturated heterocycles. The van der Waals surface area contributed by atoms with Crippen molar-refractivity contribution >= 4 is 5.97 Å². The summed E-state index contributed by atoms with van der Waals surface area (Å²) in [5.74, 6) is -0.180. The molecule has 0 radical (unpaired) electrons. The van der Waals surface area contributed by atoms with Gasteiger partial charge >= 0.3 is 5.97 Å². The van der Waals surface area contributed by atoms with E-state index in [1.807, 2.05) is 0 Å². The number of benzene rings is 1. The van der Waals surface area contributed by atoms with Crippen LogP contribution in [0.15, 0.2) is 24.3 Å². The van der Waals surface area contributed by atoms with Crippen molar-refractivity contribution in [2.45, 2.75) is 24.8 Å². The van der Waals surface area contributed by atoms with E-state index >= 15 is 0 Å². The van der Waals surface area contributed by atoms with Crippen molar-refractivity contribution in [3.05, 3.63) is 35.4 Å². The third-order valence-electron chi connectivity index (χ3n) is 4.18. The molecule has 2 aliphatic rings. The number of rotatable bonds is 4. The summed E-state index contributed by atoms with van der Waals surface area (Å²) in [6, 6.07) is 8.56. The highest BCUT2D eigenvalue weighted by Crippen LogP contribution is 2.36. The van der Waals surface area contributed by atoms with Crippen LogP contribution in [0, 0.1) is 0 Å². The van der Waals surface area contributed by atoms with Crippen LogP contribution in [0.4, 0.5) is 0 Å². The van der Waals surface area contributed by atoms with Crippen molar-refractivity contribution in [1.82, 2.24) is 4.90 Å². The Morgan fingerprint density at radius 1 is 1.42 bits per heavy atom. The van der Waals surface area contributed by atoms with E-state index in [2.05, 4.69) is 29.2 Å². The van der Waals surface area contributed by atoms with E-state index in [1.165, 1.54) is 11.1 Å². The van der Waals surface area contributed by atoms with E-state index in [9.17, 15) is 4.79 Å². The van der Waals surface area contributed by atoms with Gasteiger partial charge < -0.3 is 9.84 Å². The summed E-state index contributed by atoms with van der Waals surface area (Å²) in [4.78, 5) is 13.2. The first-order valence-electron chi connectivity index (χ1n) is 6.85. The van der Waals surface area contributed by atoms with Crippen LogP contribution in [0.2, 0.25) is 0 Å². The molecule has 2 unspecified atom stereocenters. The van der Waals surface area contributed by atoms with Crippen molar-refractivity contribution in [1.29, 1.82) is 0 Å². The van der Waals surface area contributed by atoms with Gasteiger partial charge in [-0.25, -0.2) is 0 Å². The van der Waals surface area contributed by atoms with Crippen molar-refractivity contribution in [2.24, 2.45) is 0 Å². The Kier molecular flexibility index (Phi) is 3.53. The van der Waals surface area contributed by atoms with Crippen LogP contribution in [-0.2, 0) is 16.0 Å². The highest BCUT2D eigenvalue weighted by molar-refractivity contribution is 5.67. The van der Waals surface area contributed by atoms with Crippen molar-refractivity contribution in [3.63, 3.8) is 0 Å². The molecule has 0 amide bonds. The van der Waals surface area contributed by atoms with Crippen molar-refractivity contribution < 1.29 is 14.6 Å². The summed E-state index contributed by atoms with van der Waals surface area (Å²) >= 11 is 0. The SMILES string of the molecule is O=C(O)CC1COCCN1CC1Cc2ccccc21. The number of carbonyl (C=O) groups is 1. The van der Waals surface area contributed by atoms with Gasteiger partial charge in [-0.15, -0.1) is 0 Å². The Hall–Kier alpha value is -1.39. The van der Waals surface area contributed by atoms with Gasteiger partial charge in [0.1, 0.15) is 0 Å². The lowest BCUT2D eigenvalue weighted by atomic mass is 9.77. The van der Waals surface area contributed by atoms with Crippen LogP contribution in [0.5, 0.6) is 0 Å². The molecule has 3 rings (SSSR count). The molecule has 4 heteroatoms. The molecule has 2 atom stereocenters. The van der Waals surface area contributed by atoms with Crippen molar-refractivity contribution in [3.8, 4) is 0 Å². The molecule has 0 spiro atoms. The van der Waals surface area contributed by atoms with Crippen molar-refractivity contribution in [2.75, 3.05) is 26.3 Å². The quantitative estimate of drug-likeness (QED) is 0.892. The maximum absolute atomic E-state index is 10.9. The molecule has 102 valence electrons. The molecule has 1 aromatic carbocycles. The molecule has 0 saturated carbocycles. The molecule has 4 nitrogen and oxygen atoms in total. The first-order chi connectivity index (χ1) is 9.24. The maximum atomic E-state index is 10.9. The minimum atomic E-state index is -0.741. The number of aliphatic carboxylic acids is 1. The molecule has 1 heterocycles. The predicted molar refractivity (Wildman–Crippen MR) is 71.3 cm³/mol. The molecule has 1 N–H and O–H groups in total. The van der Waals surface area contributed by atoms with Gasteiger partial charge in [0, 0.05) is 25.0 Å². The standard InChI is InChI=1S/C15H19NO3/c17-15(18)8-13-10-19-6-5-16(13)9-12-7-11-3-1-2-4-14(11)12/h1-4,12-13H,5-10H2,(H,17,18). The summed E-state index contributed by atoms with van der Waals surface area (Å²) in [7, 11) is 0. The van der Waals surface area contributed by atoms with Gasteiger partial charge in [0.05, 0.1) is 19.6 Å². The minimum Gasteiger partial charge on any atom is -0.481 e. The molecular weight excluding hydrogens is 242 g/mol. The largest absolute Gasteiger partial charge is 0.481 e. The smallest absolute Gasteiger partial charge is 0.305 e. The molecule has 1 aliphatic carbocycles. The molecule has 1 aliphatic heterocycles. The fourth-order valence-electron chi connectivity index (χ4n) is 3.13. The fourth-order valence-corrected chi connectivity index (χ4v) is 3.13. The molecule has 0 aromatic heterocycles. The Morgan fingerprint density at radius 3 is 3.05 bits per heavy atom. The van der Waals surface area contributed by atoms with E-state index in [4.69, 9.17) is 9.84 Å². The van der Waals surface area contributed by atoms with E-state index in [0.717, 1.165) is 19.5 Å². The Morgan fingerprint density at radius 2 is 2.26 bits per heavy atom. The third kappa shape index (κ3) is 2.65. The molecule has 0 bridgehead atoms. The first-order valence-corrected chi connectivity index (χ1v) is 6.85. The van der Waals surface area contributed by atoms with E-state index in [1.54, 1.807) is 0 Å². The Labute approximate surface area is 113 Å². The van der Waals surface area contributed by atoms with Gasteiger partial charge in [-0.1, -0.05) is 24.3 Å². The molecular formula is C15H19NO3. The first kappa shape index (κ1) is 12.6. The normalized spacial score (nSPS) is 26.5. The zero-order valence-electron chi connectivity index (χ0n) is 10.9. The molecule has 19 heavy (non-hydrogen) atoms. The zero-order valence-corrected chi connectivity index (χ0v) is 10.9. The number of carboxylic acids is 1. The number of fused-ring (bicyclic) bond motifs is 1. The highest BCUT2D eigenvalue weighted by Gasteiger charge is 2.32. The van der Waals surface area contributed by atoms with Crippen LogP contribution in [-0.4, -0.2) is 48.3 Å². The number of ether oxygens (including phenoxy) is 1. The summed E-state index contributed by atoms with van der Waals surface area (Å²) < 4.78 is 5.41. The number of hydrogen-bond donors (Lipinski definition) is 1. The average molecular weight is 261 g/mol. The highest BCUT2D eigenvalue weighted by atomic mass is 16.5. The fraction of sp³-hybridized carbons (Fsp3) is 0.533. The summed E-state index contributed by atoms with van der Waals surface area (Å²) in [5.41, 5.74) is 2.87. The third-order valence-corrected chi connectivity index (χ3v) is 4.18. The number of carboxylic acid groups (broad SMARTS) is 1. The average Bonchev–Trinajstić information content (AvgIpc) is 2.37. The predicted octanol–water partition coefficient (Wildman–Crippen LogP) is 1.50. The van der Waals surface area contributed by atoms with Gasteiger partial charge in [-0.3, -0.25) is 9.69 Å². The van der Waals surface area contributed by atoms with E-state index in [-0.39, 0.29) is 12.5 Å². The van der Waals surface area contributed by atoms with Gasteiger partial charge in [0.2, 0.25) is 0 Å². The van der Waals surface area contributed by atoms with Gasteiger partial charge in [-0.2, -0.15) is 0 Å². The Balaban J connectivity index is 1.64. The monoisotopic (exact) mass is 261 g/mol. The lowest BCUT2D eigenvalue weighted by Gasteiger charge is -2.40. The maximum Gasteiger partial charge on any atom is 0.305 e. The van der Waals surface area contributed by atoms with Gasteiger partial charge in [0.25, 0.3) is 0 Å². The van der Waals surface area contributed by atoms with Crippen LogP contribution >= 0.6 is 0 Å². The summed E-state index contributed by atoms with van der Waals surface area (Å²) in [5, 5.41) is 8.96. The number of nitrogens with zero attached hydrogens (tertiary/aromatic N) is 1. The van der Waals surface area contributed by atoms with Crippen LogP contribution in [0.25, 0.3) is 0 Å². The van der Waals surface area contributed by atoms with Gasteiger partial charge in [0.15, 0.2) is 0 Å². The second-order valence-electron chi connectivity index (χ2n) is 5.42. The van der Waals surface area contributed by atoms with Crippen LogP contribution < -0.4 is 0 Å². The Bertz CT molecular complexity index is 474. The second-order valence-corrected chi connectivity index (χ2v) is 5.42. The van der Waals surface area contributed by atoms with E-state index in [0.29, 0.717) is 19.1 Å². The van der Waals surface area contributed by atoms with E-state index < -0.39 is 5.97 Å². The second kappa shape index (κ2) is 5.31. The topological polar surface area (TPSA) is 49.8 Å². The lowest BCUT2D eigenvalue weighted by Crippen LogP contribution is -2.49. The number of morpholine rings is 1. The van der Waals surface area contributed by atoms with Gasteiger partial charge in [-0.05, 0) is 17.5 Å².